The minimum Gasteiger partial charge on any atom is -0.441 e. The lowest BCUT2D eigenvalue weighted by Crippen LogP contribution is -2.41. The third kappa shape index (κ3) is 5.19. The summed E-state index contributed by atoms with van der Waals surface area (Å²) in [6, 6.07) is 10.4. The normalized spacial score (nSPS) is 21.6. The van der Waals surface area contributed by atoms with Gasteiger partial charge in [0.1, 0.15) is 0 Å². The molecule has 1 aromatic carbocycles. The molecule has 5 nitrogen and oxygen atoms in total. The van der Waals surface area contributed by atoms with E-state index in [0.717, 1.165) is 12.8 Å². The van der Waals surface area contributed by atoms with Crippen LogP contribution in [0.4, 0.5) is 4.79 Å². The summed E-state index contributed by atoms with van der Waals surface area (Å²) in [6.07, 6.45) is 0.708. The predicted molar refractivity (Wildman–Crippen MR) is 97.1 cm³/mol. The Hall–Kier alpha value is -1.59. The monoisotopic (exact) mass is 349 g/mol. The van der Waals surface area contributed by atoms with E-state index < -0.39 is 29.7 Å². The number of primary amides is 1. The zero-order chi connectivity index (χ0) is 18.7. The van der Waals surface area contributed by atoms with Gasteiger partial charge in [0.2, 0.25) is 0 Å². The molecule has 25 heavy (non-hydrogen) atoms. The fourth-order valence-electron chi connectivity index (χ4n) is 2.98. The first-order valence-electron chi connectivity index (χ1n) is 8.96. The second-order valence-electron chi connectivity index (χ2n) is 7.97. The Kier molecular flexibility index (Phi) is 6.12. The van der Waals surface area contributed by atoms with E-state index in [1.165, 1.54) is 5.56 Å². The quantitative estimate of drug-likeness (QED) is 0.806. The Morgan fingerprint density at radius 1 is 1.16 bits per heavy atom. The summed E-state index contributed by atoms with van der Waals surface area (Å²) in [6.45, 7) is 10.1. The molecule has 1 aromatic rings. The van der Waals surface area contributed by atoms with Crippen LogP contribution in [-0.2, 0) is 20.6 Å². The van der Waals surface area contributed by atoms with Gasteiger partial charge >= 0.3 is 6.09 Å². The van der Waals surface area contributed by atoms with Crippen LogP contribution in [0.2, 0.25) is 0 Å². The second-order valence-corrected chi connectivity index (χ2v) is 7.97. The summed E-state index contributed by atoms with van der Waals surface area (Å²) >= 11 is 0. The molecular weight excluding hydrogens is 318 g/mol. The predicted octanol–water partition coefficient (Wildman–Crippen LogP) is 4.04. The van der Waals surface area contributed by atoms with E-state index in [0.29, 0.717) is 12.3 Å². The number of carbonyl (C=O) groups is 1. The third-order valence-electron chi connectivity index (χ3n) is 5.25. The molecule has 140 valence electrons. The summed E-state index contributed by atoms with van der Waals surface area (Å²) in [5.41, 5.74) is 5.63. The molecule has 2 rings (SSSR count). The van der Waals surface area contributed by atoms with Gasteiger partial charge in [-0.05, 0) is 58.4 Å². The van der Waals surface area contributed by atoms with Crippen molar-refractivity contribution < 1.29 is 19.0 Å². The number of nitrogens with two attached hydrogens (primary N) is 1. The van der Waals surface area contributed by atoms with Crippen LogP contribution >= 0.6 is 0 Å². The van der Waals surface area contributed by atoms with Gasteiger partial charge in [0.05, 0.1) is 11.2 Å². The molecule has 1 amide bonds. The Labute approximate surface area is 150 Å². The number of benzene rings is 1. The van der Waals surface area contributed by atoms with Crippen molar-refractivity contribution >= 4 is 6.09 Å². The number of aryl methyl sites for hydroxylation is 1. The van der Waals surface area contributed by atoms with E-state index in [9.17, 15) is 4.79 Å². The van der Waals surface area contributed by atoms with Gasteiger partial charge in [-0.3, -0.25) is 0 Å². The number of ether oxygens (including phenoxy) is 3. The molecule has 5 heteroatoms. The highest BCUT2D eigenvalue weighted by atomic mass is 16.8. The zero-order valence-corrected chi connectivity index (χ0v) is 16.0. The SMILES string of the molecule is C[C@H](CCc1ccccc1)C[C@@H](OC(N)=O)C1OC(C)(C)C(C)(C)O1. The van der Waals surface area contributed by atoms with Crippen molar-refractivity contribution in [1.29, 1.82) is 0 Å². The standard InChI is InChI=1S/C20H31NO4/c1-14(11-12-15-9-7-6-8-10-15)13-16(23-18(21)22)17-24-19(2,3)20(4,5)25-17/h6-10,14,16-17H,11-13H2,1-5H3,(H2,21,22)/t14-,16-/m1/s1. The first-order valence-corrected chi connectivity index (χ1v) is 8.96. The maximum atomic E-state index is 11.3. The van der Waals surface area contributed by atoms with Gasteiger partial charge in [0.15, 0.2) is 12.4 Å². The second kappa shape index (κ2) is 7.75. The largest absolute Gasteiger partial charge is 0.441 e. The Balaban J connectivity index is 1.97. The number of hydrogen-bond donors (Lipinski definition) is 1. The summed E-state index contributed by atoms with van der Waals surface area (Å²) in [5, 5.41) is 0. The molecule has 0 saturated carbocycles. The van der Waals surface area contributed by atoms with Crippen molar-refractivity contribution in [3.05, 3.63) is 35.9 Å². The number of hydrogen-bond acceptors (Lipinski definition) is 4. The minimum atomic E-state index is -0.796. The molecule has 0 bridgehead atoms. The molecule has 2 atom stereocenters. The van der Waals surface area contributed by atoms with Crippen molar-refractivity contribution in [2.45, 2.75) is 77.5 Å². The van der Waals surface area contributed by atoms with E-state index in [1.807, 2.05) is 45.9 Å². The van der Waals surface area contributed by atoms with Crippen LogP contribution in [-0.4, -0.2) is 29.7 Å². The van der Waals surface area contributed by atoms with Crippen LogP contribution in [0.5, 0.6) is 0 Å². The molecular formula is C20H31NO4. The van der Waals surface area contributed by atoms with Gasteiger partial charge in [-0.15, -0.1) is 0 Å². The van der Waals surface area contributed by atoms with Gasteiger partial charge < -0.3 is 19.9 Å². The van der Waals surface area contributed by atoms with Crippen LogP contribution in [0.15, 0.2) is 30.3 Å². The smallest absolute Gasteiger partial charge is 0.404 e. The van der Waals surface area contributed by atoms with Crippen LogP contribution in [0.1, 0.15) is 53.0 Å². The molecule has 1 aliphatic heterocycles. The highest BCUT2D eigenvalue weighted by Gasteiger charge is 2.52. The highest BCUT2D eigenvalue weighted by Crippen LogP contribution is 2.40. The van der Waals surface area contributed by atoms with Crippen molar-refractivity contribution in [3.63, 3.8) is 0 Å². The fourth-order valence-corrected chi connectivity index (χ4v) is 2.98. The van der Waals surface area contributed by atoms with E-state index in [1.54, 1.807) is 0 Å². The Bertz CT molecular complexity index is 554. The van der Waals surface area contributed by atoms with Crippen LogP contribution in [0.3, 0.4) is 0 Å². The van der Waals surface area contributed by atoms with Crippen LogP contribution in [0.25, 0.3) is 0 Å². The molecule has 0 aromatic heterocycles. The van der Waals surface area contributed by atoms with Crippen molar-refractivity contribution in [1.82, 2.24) is 0 Å². The van der Waals surface area contributed by atoms with Crippen LogP contribution in [0, 0.1) is 5.92 Å². The molecule has 0 unspecified atom stereocenters. The maximum Gasteiger partial charge on any atom is 0.404 e. The molecule has 1 aliphatic rings. The van der Waals surface area contributed by atoms with Gasteiger partial charge in [-0.2, -0.15) is 0 Å². The average Bonchev–Trinajstić information content (AvgIpc) is 2.73. The fraction of sp³-hybridized carbons (Fsp3) is 0.650. The lowest BCUT2D eigenvalue weighted by molar-refractivity contribution is -0.155. The number of rotatable bonds is 7. The molecule has 2 N–H and O–H groups in total. The van der Waals surface area contributed by atoms with Gasteiger partial charge in [-0.25, -0.2) is 4.79 Å². The van der Waals surface area contributed by atoms with Gasteiger partial charge in [0.25, 0.3) is 0 Å². The topological polar surface area (TPSA) is 70.8 Å². The molecule has 0 spiro atoms. The lowest BCUT2D eigenvalue weighted by atomic mass is 9.90. The van der Waals surface area contributed by atoms with E-state index >= 15 is 0 Å². The first kappa shape index (κ1) is 19.7. The van der Waals surface area contributed by atoms with E-state index in [4.69, 9.17) is 19.9 Å². The maximum absolute atomic E-state index is 11.3. The minimum absolute atomic E-state index is 0.337. The Morgan fingerprint density at radius 2 is 1.72 bits per heavy atom. The van der Waals surface area contributed by atoms with Crippen molar-refractivity contribution in [2.75, 3.05) is 0 Å². The lowest BCUT2D eigenvalue weighted by Gasteiger charge is -2.30. The van der Waals surface area contributed by atoms with Gasteiger partial charge in [0, 0.05) is 0 Å². The summed E-state index contributed by atoms with van der Waals surface area (Å²) in [4.78, 5) is 11.3. The molecule has 1 heterocycles. The number of amides is 1. The van der Waals surface area contributed by atoms with Crippen molar-refractivity contribution in [3.8, 4) is 0 Å². The van der Waals surface area contributed by atoms with E-state index in [-0.39, 0.29) is 0 Å². The summed E-state index contributed by atoms with van der Waals surface area (Å²) in [7, 11) is 0. The summed E-state index contributed by atoms with van der Waals surface area (Å²) in [5.74, 6) is 0.337. The van der Waals surface area contributed by atoms with E-state index in [2.05, 4.69) is 19.1 Å². The molecule has 1 saturated heterocycles. The summed E-state index contributed by atoms with van der Waals surface area (Å²) < 4.78 is 17.4. The average molecular weight is 349 g/mol. The zero-order valence-electron chi connectivity index (χ0n) is 16.0. The first-order chi connectivity index (χ1) is 11.6. The van der Waals surface area contributed by atoms with Crippen LogP contribution < -0.4 is 5.73 Å². The molecule has 0 aliphatic carbocycles. The molecule has 0 radical (unpaired) electrons. The number of carbonyl (C=O) groups excluding carboxylic acids is 1. The molecule has 1 fully saturated rings. The third-order valence-corrected chi connectivity index (χ3v) is 5.25. The Morgan fingerprint density at radius 3 is 2.24 bits per heavy atom. The van der Waals surface area contributed by atoms with Crippen molar-refractivity contribution in [2.24, 2.45) is 11.7 Å². The van der Waals surface area contributed by atoms with Gasteiger partial charge in [-0.1, -0.05) is 37.3 Å². The highest BCUT2D eigenvalue weighted by molar-refractivity contribution is 5.64.